The van der Waals surface area contributed by atoms with E-state index in [1.54, 1.807) is 0 Å². The van der Waals surface area contributed by atoms with Crippen LogP contribution in [0, 0.1) is 11.6 Å². The van der Waals surface area contributed by atoms with Gasteiger partial charge in [0.1, 0.15) is 36.9 Å². The largest absolute Gasteiger partial charge is 0.365 e. The molecule has 0 amide bonds. The average Bonchev–Trinajstić information content (AvgIpc) is 3.18. The molecule has 22 heavy (non-hydrogen) atoms. The van der Waals surface area contributed by atoms with E-state index in [0.29, 0.717) is 6.07 Å². The van der Waals surface area contributed by atoms with Crippen LogP contribution >= 0.6 is 0 Å². The first kappa shape index (κ1) is 14.3. The maximum atomic E-state index is 14.1. The summed E-state index contributed by atoms with van der Waals surface area (Å²) in [6.45, 7) is 0.257. The zero-order valence-electron chi connectivity index (χ0n) is 11.3. The van der Waals surface area contributed by atoms with E-state index in [4.69, 9.17) is 0 Å². The van der Waals surface area contributed by atoms with E-state index >= 15 is 0 Å². The van der Waals surface area contributed by atoms with Crippen LogP contribution in [0.25, 0.3) is 0 Å². The Morgan fingerprint density at radius 2 is 1.86 bits per heavy atom. The van der Waals surface area contributed by atoms with E-state index in [1.807, 2.05) is 0 Å². The molecular formula is C13H12F2N6O. The Labute approximate surface area is 123 Å². The molecule has 0 radical (unpaired) electrons. The second kappa shape index (κ2) is 5.60. The second-order valence-electron chi connectivity index (χ2n) is 4.69. The Morgan fingerprint density at radius 1 is 1.09 bits per heavy atom. The molecule has 0 saturated heterocycles. The number of aryl methyl sites for hydroxylation is 1. The summed E-state index contributed by atoms with van der Waals surface area (Å²) in [6.07, 6.45) is 5.37. The van der Waals surface area contributed by atoms with Crippen LogP contribution in [0.1, 0.15) is 12.0 Å². The van der Waals surface area contributed by atoms with Crippen LogP contribution in [0.5, 0.6) is 0 Å². The normalized spacial score (nSPS) is 14.0. The SMILES string of the molecule is OC(CCn1cncn1)(c1ccc(F)cc1F)n1cncn1. The fourth-order valence-corrected chi connectivity index (χ4v) is 2.20. The molecular weight excluding hydrogens is 294 g/mol. The summed E-state index contributed by atoms with van der Waals surface area (Å²) in [5, 5.41) is 18.8. The van der Waals surface area contributed by atoms with E-state index in [1.165, 1.54) is 36.1 Å². The molecule has 0 spiro atoms. The van der Waals surface area contributed by atoms with Crippen molar-refractivity contribution in [2.45, 2.75) is 18.7 Å². The number of aromatic nitrogens is 6. The third kappa shape index (κ3) is 2.58. The van der Waals surface area contributed by atoms with Crippen molar-refractivity contribution in [2.75, 3.05) is 0 Å². The summed E-state index contributed by atoms with van der Waals surface area (Å²) < 4.78 is 29.8. The lowest BCUT2D eigenvalue weighted by Gasteiger charge is -2.28. The van der Waals surface area contributed by atoms with Crippen LogP contribution in [0.2, 0.25) is 0 Å². The quantitative estimate of drug-likeness (QED) is 0.758. The highest BCUT2D eigenvalue weighted by Crippen LogP contribution is 2.29. The topological polar surface area (TPSA) is 81.6 Å². The molecule has 2 heterocycles. The zero-order valence-corrected chi connectivity index (χ0v) is 11.3. The van der Waals surface area contributed by atoms with Crippen LogP contribution in [0.4, 0.5) is 8.78 Å². The first-order chi connectivity index (χ1) is 10.6. The molecule has 0 aliphatic rings. The van der Waals surface area contributed by atoms with Crippen molar-refractivity contribution < 1.29 is 13.9 Å². The van der Waals surface area contributed by atoms with Gasteiger partial charge in [0.25, 0.3) is 0 Å². The lowest BCUT2D eigenvalue weighted by Crippen LogP contribution is -2.37. The van der Waals surface area contributed by atoms with Crippen molar-refractivity contribution in [3.8, 4) is 0 Å². The van der Waals surface area contributed by atoms with Gasteiger partial charge in [-0.2, -0.15) is 10.2 Å². The van der Waals surface area contributed by atoms with E-state index in [0.717, 1.165) is 10.7 Å². The molecule has 1 unspecified atom stereocenters. The smallest absolute Gasteiger partial charge is 0.190 e. The van der Waals surface area contributed by atoms with Gasteiger partial charge in [-0.25, -0.2) is 23.4 Å². The maximum Gasteiger partial charge on any atom is 0.190 e. The second-order valence-corrected chi connectivity index (χ2v) is 4.69. The molecule has 1 N–H and O–H groups in total. The molecule has 1 aromatic carbocycles. The lowest BCUT2D eigenvalue weighted by molar-refractivity contribution is -0.0230. The molecule has 1 atom stereocenters. The molecule has 9 heteroatoms. The summed E-state index contributed by atoms with van der Waals surface area (Å²) in [6, 6.07) is 2.98. The summed E-state index contributed by atoms with van der Waals surface area (Å²) in [7, 11) is 0. The molecule has 114 valence electrons. The van der Waals surface area contributed by atoms with Crippen LogP contribution in [0.15, 0.2) is 43.5 Å². The highest BCUT2D eigenvalue weighted by Gasteiger charge is 2.35. The Balaban J connectivity index is 1.99. The molecule has 0 fully saturated rings. The van der Waals surface area contributed by atoms with Crippen molar-refractivity contribution in [1.82, 2.24) is 29.5 Å². The van der Waals surface area contributed by atoms with Crippen molar-refractivity contribution in [1.29, 1.82) is 0 Å². The Kier molecular flexibility index (Phi) is 3.63. The van der Waals surface area contributed by atoms with Crippen LogP contribution in [0.3, 0.4) is 0 Å². The molecule has 3 rings (SSSR count). The van der Waals surface area contributed by atoms with Gasteiger partial charge in [0.05, 0.1) is 0 Å². The minimum Gasteiger partial charge on any atom is -0.365 e. The first-order valence-electron chi connectivity index (χ1n) is 6.45. The minimum atomic E-state index is -1.82. The fraction of sp³-hybridized carbons (Fsp3) is 0.231. The van der Waals surface area contributed by atoms with Gasteiger partial charge in [-0.1, -0.05) is 0 Å². The van der Waals surface area contributed by atoms with Crippen molar-refractivity contribution >= 4 is 0 Å². The Morgan fingerprint density at radius 3 is 2.50 bits per heavy atom. The number of halogens is 2. The van der Waals surface area contributed by atoms with E-state index in [-0.39, 0.29) is 18.5 Å². The number of aliphatic hydroxyl groups is 1. The van der Waals surface area contributed by atoms with Gasteiger partial charge in [-0.15, -0.1) is 0 Å². The van der Waals surface area contributed by atoms with Crippen LogP contribution < -0.4 is 0 Å². The Bertz CT molecular complexity index is 746. The number of hydrogen-bond donors (Lipinski definition) is 1. The van der Waals surface area contributed by atoms with E-state index < -0.39 is 17.4 Å². The minimum absolute atomic E-state index is 0.0439. The predicted octanol–water partition coefficient (Wildman–Crippen LogP) is 0.932. The van der Waals surface area contributed by atoms with Crippen molar-refractivity contribution in [3.05, 3.63) is 60.7 Å². The fourth-order valence-electron chi connectivity index (χ4n) is 2.20. The van der Waals surface area contributed by atoms with Gasteiger partial charge in [-0.05, 0) is 12.1 Å². The number of hydrogen-bond acceptors (Lipinski definition) is 5. The predicted molar refractivity (Wildman–Crippen MR) is 70.3 cm³/mol. The van der Waals surface area contributed by atoms with Gasteiger partial charge in [0, 0.05) is 24.6 Å². The highest BCUT2D eigenvalue weighted by atomic mass is 19.1. The monoisotopic (exact) mass is 306 g/mol. The maximum absolute atomic E-state index is 14.1. The van der Waals surface area contributed by atoms with Crippen LogP contribution in [-0.4, -0.2) is 34.6 Å². The number of nitrogens with zero attached hydrogens (tertiary/aromatic N) is 6. The number of benzene rings is 1. The van der Waals surface area contributed by atoms with Gasteiger partial charge in [0.15, 0.2) is 5.72 Å². The van der Waals surface area contributed by atoms with Crippen molar-refractivity contribution in [2.24, 2.45) is 0 Å². The summed E-state index contributed by atoms with van der Waals surface area (Å²) in [5.41, 5.74) is -1.92. The van der Waals surface area contributed by atoms with Crippen molar-refractivity contribution in [3.63, 3.8) is 0 Å². The van der Waals surface area contributed by atoms with E-state index in [2.05, 4.69) is 20.2 Å². The van der Waals surface area contributed by atoms with Gasteiger partial charge in [-0.3, -0.25) is 4.68 Å². The summed E-state index contributed by atoms with van der Waals surface area (Å²) in [5.74, 6) is -1.59. The standard InChI is InChI=1S/C13H12F2N6O/c14-10-1-2-11(12(15)5-10)13(22,21-9-17-7-19-21)3-4-20-8-16-6-18-20/h1-2,5-9,22H,3-4H2. The third-order valence-corrected chi connectivity index (χ3v) is 3.32. The molecule has 0 aliphatic heterocycles. The summed E-state index contributed by atoms with van der Waals surface area (Å²) in [4.78, 5) is 7.57. The Hall–Kier alpha value is -2.68. The molecule has 0 bridgehead atoms. The third-order valence-electron chi connectivity index (χ3n) is 3.32. The van der Waals surface area contributed by atoms with Gasteiger partial charge >= 0.3 is 0 Å². The van der Waals surface area contributed by atoms with Gasteiger partial charge < -0.3 is 5.11 Å². The highest BCUT2D eigenvalue weighted by molar-refractivity contribution is 5.25. The first-order valence-corrected chi connectivity index (χ1v) is 6.45. The average molecular weight is 306 g/mol. The molecule has 3 aromatic rings. The number of rotatable bonds is 5. The lowest BCUT2D eigenvalue weighted by atomic mass is 9.98. The molecule has 2 aromatic heterocycles. The molecule has 7 nitrogen and oxygen atoms in total. The van der Waals surface area contributed by atoms with Crippen LogP contribution in [-0.2, 0) is 12.3 Å². The summed E-state index contributed by atoms with van der Waals surface area (Å²) >= 11 is 0. The van der Waals surface area contributed by atoms with E-state index in [9.17, 15) is 13.9 Å². The zero-order chi connectivity index (χ0) is 15.6. The van der Waals surface area contributed by atoms with Gasteiger partial charge in [0.2, 0.25) is 0 Å². The molecule has 0 aliphatic carbocycles. The molecule has 0 saturated carbocycles.